The van der Waals surface area contributed by atoms with E-state index in [1.54, 1.807) is 0 Å². The van der Waals surface area contributed by atoms with Crippen LogP contribution in [0.25, 0.3) is 0 Å². The van der Waals surface area contributed by atoms with E-state index < -0.39 is 11.7 Å². The van der Waals surface area contributed by atoms with Gasteiger partial charge in [0.2, 0.25) is 5.91 Å². The van der Waals surface area contributed by atoms with Crippen LogP contribution in [0.2, 0.25) is 0 Å². The van der Waals surface area contributed by atoms with Gasteiger partial charge in [-0.1, -0.05) is 18.2 Å². The molecule has 5 rings (SSSR count). The third kappa shape index (κ3) is 6.19. The maximum Gasteiger partial charge on any atom is 0.407 e. The zero-order valence-electron chi connectivity index (χ0n) is 20.2. The molecule has 1 aromatic carbocycles. The van der Waals surface area contributed by atoms with Crippen molar-refractivity contribution in [3.8, 4) is 5.75 Å². The molecule has 2 bridgehead atoms. The number of hydrogen-bond donors (Lipinski definition) is 1. The van der Waals surface area contributed by atoms with Crippen molar-refractivity contribution in [2.75, 3.05) is 19.8 Å². The number of carbonyl (C=O) groups excluding carboxylic acids is 2. The Morgan fingerprint density at radius 1 is 1.12 bits per heavy atom. The summed E-state index contributed by atoms with van der Waals surface area (Å²) in [5.41, 5.74) is 0.679. The summed E-state index contributed by atoms with van der Waals surface area (Å²) in [6, 6.07) is 7.83. The zero-order chi connectivity index (χ0) is 23.4. The van der Waals surface area contributed by atoms with Gasteiger partial charge in [-0.25, -0.2) is 4.79 Å². The van der Waals surface area contributed by atoms with E-state index in [4.69, 9.17) is 14.2 Å². The van der Waals surface area contributed by atoms with E-state index in [0.717, 1.165) is 44.3 Å². The topological polar surface area (TPSA) is 77.1 Å². The lowest BCUT2D eigenvalue weighted by Gasteiger charge is -2.42. The van der Waals surface area contributed by atoms with Crippen LogP contribution in [0, 0.1) is 0 Å². The first-order valence-electron chi connectivity index (χ1n) is 12.4. The van der Waals surface area contributed by atoms with Crippen LogP contribution in [0.4, 0.5) is 4.79 Å². The smallest absolute Gasteiger partial charge is 0.407 e. The van der Waals surface area contributed by atoms with E-state index in [2.05, 4.69) is 17.4 Å². The number of benzene rings is 1. The Morgan fingerprint density at radius 2 is 1.88 bits per heavy atom. The number of rotatable bonds is 1. The number of hydrogen-bond acceptors (Lipinski definition) is 5. The molecule has 4 aliphatic rings. The minimum Gasteiger partial charge on any atom is -0.493 e. The van der Waals surface area contributed by atoms with Crippen LogP contribution in [-0.2, 0) is 14.3 Å². The second-order valence-corrected chi connectivity index (χ2v) is 10.5. The average molecular weight is 459 g/mol. The van der Waals surface area contributed by atoms with Crippen molar-refractivity contribution in [3.63, 3.8) is 0 Å². The number of fused-ring (bicyclic) bond motifs is 6. The van der Waals surface area contributed by atoms with E-state index in [9.17, 15) is 9.59 Å². The number of piperidine rings is 1. The monoisotopic (exact) mass is 458 g/mol. The Labute approximate surface area is 197 Å². The molecule has 1 saturated heterocycles. The van der Waals surface area contributed by atoms with E-state index in [1.807, 2.05) is 37.8 Å². The van der Waals surface area contributed by atoms with Crippen LogP contribution in [0.3, 0.4) is 0 Å². The van der Waals surface area contributed by atoms with Crippen molar-refractivity contribution in [1.29, 1.82) is 0 Å². The summed E-state index contributed by atoms with van der Waals surface area (Å²) in [5.74, 6) is 1.40. The number of ether oxygens (including phenoxy) is 3. The Bertz CT molecular complexity index is 828. The van der Waals surface area contributed by atoms with E-state index >= 15 is 0 Å². The Kier molecular flexibility index (Phi) is 7.47. The normalized spacial score (nSPS) is 28.7. The van der Waals surface area contributed by atoms with Gasteiger partial charge < -0.3 is 24.4 Å². The fourth-order valence-electron chi connectivity index (χ4n) is 5.32. The summed E-state index contributed by atoms with van der Waals surface area (Å²) >= 11 is 0. The van der Waals surface area contributed by atoms with E-state index in [0.29, 0.717) is 32.1 Å². The largest absolute Gasteiger partial charge is 0.493 e. The lowest BCUT2D eigenvalue weighted by molar-refractivity contribution is -0.139. The zero-order valence-corrected chi connectivity index (χ0v) is 20.2. The van der Waals surface area contributed by atoms with Crippen molar-refractivity contribution in [2.24, 2.45) is 0 Å². The van der Waals surface area contributed by atoms with Crippen molar-refractivity contribution in [3.05, 3.63) is 29.8 Å². The van der Waals surface area contributed by atoms with Crippen molar-refractivity contribution < 1.29 is 23.8 Å². The highest BCUT2D eigenvalue weighted by Gasteiger charge is 2.37. The molecule has 2 atom stereocenters. The lowest BCUT2D eigenvalue weighted by atomic mass is 9.82. The molecule has 1 aromatic rings. The number of nitrogens with one attached hydrogen (secondary N) is 1. The second-order valence-electron chi connectivity index (χ2n) is 10.5. The molecule has 0 unspecified atom stereocenters. The molecular formula is C26H38N2O5. The highest BCUT2D eigenvalue weighted by atomic mass is 16.6. The molecule has 7 heteroatoms. The summed E-state index contributed by atoms with van der Waals surface area (Å²) in [5, 5.41) is 3.02. The maximum atomic E-state index is 13.2. The first-order chi connectivity index (χ1) is 15.8. The number of para-hydroxylation sites is 1. The summed E-state index contributed by atoms with van der Waals surface area (Å²) in [6.07, 6.45) is 5.78. The molecule has 1 saturated carbocycles. The molecular weight excluding hydrogens is 420 g/mol. The predicted octanol–water partition coefficient (Wildman–Crippen LogP) is 4.40. The van der Waals surface area contributed by atoms with Gasteiger partial charge in [0.15, 0.2) is 0 Å². The van der Waals surface area contributed by atoms with Crippen LogP contribution in [0.5, 0.6) is 5.75 Å². The average Bonchev–Trinajstić information content (AvgIpc) is 2.77. The van der Waals surface area contributed by atoms with Crippen molar-refractivity contribution in [1.82, 2.24) is 10.2 Å². The fourth-order valence-corrected chi connectivity index (χ4v) is 5.32. The predicted molar refractivity (Wildman–Crippen MR) is 125 cm³/mol. The molecule has 1 aliphatic carbocycles. The van der Waals surface area contributed by atoms with Gasteiger partial charge >= 0.3 is 6.09 Å². The van der Waals surface area contributed by atoms with Crippen LogP contribution < -0.4 is 10.1 Å². The minimum absolute atomic E-state index is 0.0407. The number of nitrogens with zero attached hydrogens (tertiary/aromatic N) is 1. The summed E-state index contributed by atoms with van der Waals surface area (Å²) in [6.45, 7) is 6.99. The minimum atomic E-state index is -0.569. The molecule has 1 N–H and O–H groups in total. The van der Waals surface area contributed by atoms with E-state index in [1.165, 1.54) is 5.56 Å². The molecule has 0 aromatic heterocycles. The number of amides is 2. The molecule has 3 heterocycles. The summed E-state index contributed by atoms with van der Waals surface area (Å²) < 4.78 is 18.0. The standard InChI is InChI=1S/C26H38N2O5/c1-26(2,3)33-25(30)27-21-8-6-15-28-22(21)17-32-19-12-10-18(11-13-19)20-7-4-5-9-23(20)31-16-14-24(28)29/h4-5,7,9,18-19,21-22H,6,8,10-17H2,1-3H3,(H,27,30)/t18-,19+,21-,22-/m0/s1. The molecule has 2 fully saturated rings. The molecule has 182 valence electrons. The molecule has 2 amide bonds. The lowest BCUT2D eigenvalue weighted by Crippen LogP contribution is -2.59. The van der Waals surface area contributed by atoms with Gasteiger partial charge in [0, 0.05) is 6.54 Å². The maximum absolute atomic E-state index is 13.2. The van der Waals surface area contributed by atoms with Crippen molar-refractivity contribution in [2.45, 2.75) is 95.4 Å². The highest BCUT2D eigenvalue weighted by Crippen LogP contribution is 2.38. The summed E-state index contributed by atoms with van der Waals surface area (Å²) in [7, 11) is 0. The van der Waals surface area contributed by atoms with Crippen LogP contribution in [0.15, 0.2) is 24.3 Å². The van der Waals surface area contributed by atoms with Crippen LogP contribution in [0.1, 0.15) is 77.2 Å². The molecule has 7 nitrogen and oxygen atoms in total. The quantitative estimate of drug-likeness (QED) is 0.675. The first kappa shape index (κ1) is 23.9. The molecule has 3 aliphatic heterocycles. The van der Waals surface area contributed by atoms with Crippen LogP contribution in [-0.4, -0.2) is 60.4 Å². The highest BCUT2D eigenvalue weighted by molar-refractivity contribution is 5.77. The van der Waals surface area contributed by atoms with Gasteiger partial charge in [0.05, 0.1) is 37.8 Å². The van der Waals surface area contributed by atoms with Gasteiger partial charge in [-0.2, -0.15) is 0 Å². The fraction of sp³-hybridized carbons (Fsp3) is 0.692. The SMILES string of the molecule is CC(C)(C)OC(=O)N[C@H]1CCCN2C(=O)CCOc3ccccc3[C@H]3CC[C@H](CC3)OC[C@@H]12. The Balaban J connectivity index is 1.51. The van der Waals surface area contributed by atoms with Gasteiger partial charge in [0.1, 0.15) is 11.4 Å². The molecule has 0 spiro atoms. The third-order valence-electron chi connectivity index (χ3n) is 6.91. The Morgan fingerprint density at radius 3 is 2.64 bits per heavy atom. The Hall–Kier alpha value is -2.28. The van der Waals surface area contributed by atoms with Crippen LogP contribution >= 0.6 is 0 Å². The van der Waals surface area contributed by atoms with Crippen molar-refractivity contribution >= 4 is 12.0 Å². The van der Waals surface area contributed by atoms with E-state index in [-0.39, 0.29) is 24.1 Å². The number of alkyl carbamates (subject to hydrolysis) is 1. The van der Waals surface area contributed by atoms with Gasteiger partial charge in [0.25, 0.3) is 0 Å². The second kappa shape index (κ2) is 10.3. The first-order valence-corrected chi connectivity index (χ1v) is 12.4. The van der Waals surface area contributed by atoms with Gasteiger partial charge in [-0.05, 0) is 76.8 Å². The van der Waals surface area contributed by atoms with Gasteiger partial charge in [-0.3, -0.25) is 4.79 Å². The molecule has 0 radical (unpaired) electrons. The number of carbonyl (C=O) groups is 2. The third-order valence-corrected chi connectivity index (χ3v) is 6.91. The van der Waals surface area contributed by atoms with Gasteiger partial charge in [-0.15, -0.1) is 0 Å². The summed E-state index contributed by atoms with van der Waals surface area (Å²) in [4.78, 5) is 27.6. The molecule has 33 heavy (non-hydrogen) atoms.